The number of para-hydroxylation sites is 2. The van der Waals surface area contributed by atoms with Crippen LogP contribution in [0, 0.1) is 0 Å². The van der Waals surface area contributed by atoms with E-state index in [4.69, 9.17) is 13.9 Å². The van der Waals surface area contributed by atoms with Gasteiger partial charge in [0.2, 0.25) is 5.89 Å². The SMILES string of the molecule is CCNC(=NCc1coc(-c2cccs2)n1)NCC1COc2ccccc2O1. The Morgan fingerprint density at radius 1 is 1.21 bits per heavy atom. The molecular formula is C20H22N4O3S. The van der Waals surface area contributed by atoms with E-state index < -0.39 is 0 Å². The van der Waals surface area contributed by atoms with Gasteiger partial charge in [-0.25, -0.2) is 9.98 Å². The summed E-state index contributed by atoms with van der Waals surface area (Å²) in [6.45, 7) is 4.29. The van der Waals surface area contributed by atoms with E-state index in [1.807, 2.05) is 48.7 Å². The highest BCUT2D eigenvalue weighted by Crippen LogP contribution is 2.30. The number of fused-ring (bicyclic) bond motifs is 1. The predicted octanol–water partition coefficient (Wildman–Crippen LogP) is 3.30. The van der Waals surface area contributed by atoms with Crippen molar-refractivity contribution in [1.82, 2.24) is 15.6 Å². The van der Waals surface area contributed by atoms with Crippen LogP contribution in [0.3, 0.4) is 0 Å². The molecule has 3 heterocycles. The summed E-state index contributed by atoms with van der Waals surface area (Å²) in [5.41, 5.74) is 0.784. The van der Waals surface area contributed by atoms with Crippen molar-refractivity contribution in [3.05, 3.63) is 53.7 Å². The fraction of sp³-hybridized carbons (Fsp3) is 0.300. The Kier molecular flexibility index (Phi) is 5.77. The number of aliphatic imine (C=N–C) groups is 1. The van der Waals surface area contributed by atoms with Gasteiger partial charge in [0.1, 0.15) is 24.7 Å². The highest BCUT2D eigenvalue weighted by Gasteiger charge is 2.20. The highest BCUT2D eigenvalue weighted by molar-refractivity contribution is 7.13. The maximum atomic E-state index is 5.97. The summed E-state index contributed by atoms with van der Waals surface area (Å²) >= 11 is 1.60. The number of thiophene rings is 1. The monoisotopic (exact) mass is 398 g/mol. The number of benzene rings is 1. The second-order valence-corrected chi connectivity index (χ2v) is 7.14. The van der Waals surface area contributed by atoms with Crippen molar-refractivity contribution in [1.29, 1.82) is 0 Å². The van der Waals surface area contributed by atoms with Crippen LogP contribution in [0.1, 0.15) is 12.6 Å². The van der Waals surface area contributed by atoms with Gasteiger partial charge in [-0.05, 0) is 30.5 Å². The van der Waals surface area contributed by atoms with Crippen LogP contribution < -0.4 is 20.1 Å². The normalized spacial score (nSPS) is 16.0. The molecule has 0 spiro atoms. The molecule has 1 aliphatic heterocycles. The van der Waals surface area contributed by atoms with Crippen LogP contribution in [-0.2, 0) is 6.54 Å². The second-order valence-electron chi connectivity index (χ2n) is 6.19. The Hall–Kier alpha value is -3.00. The van der Waals surface area contributed by atoms with Gasteiger partial charge < -0.3 is 24.5 Å². The number of nitrogens with zero attached hydrogens (tertiary/aromatic N) is 2. The molecule has 0 amide bonds. The predicted molar refractivity (Wildman–Crippen MR) is 109 cm³/mol. The number of aromatic nitrogens is 1. The first-order valence-electron chi connectivity index (χ1n) is 9.20. The molecule has 0 bridgehead atoms. The van der Waals surface area contributed by atoms with Crippen molar-refractivity contribution in [3.8, 4) is 22.3 Å². The van der Waals surface area contributed by atoms with Crippen molar-refractivity contribution in [2.75, 3.05) is 19.7 Å². The number of rotatable bonds is 6. The summed E-state index contributed by atoms with van der Waals surface area (Å²) in [6.07, 6.45) is 1.56. The molecule has 2 N–H and O–H groups in total. The highest BCUT2D eigenvalue weighted by atomic mass is 32.1. The van der Waals surface area contributed by atoms with E-state index in [0.29, 0.717) is 31.5 Å². The summed E-state index contributed by atoms with van der Waals surface area (Å²) in [6, 6.07) is 11.7. The molecule has 7 nitrogen and oxygen atoms in total. The van der Waals surface area contributed by atoms with Crippen LogP contribution >= 0.6 is 11.3 Å². The molecule has 0 radical (unpaired) electrons. The van der Waals surface area contributed by atoms with Crippen molar-refractivity contribution in [3.63, 3.8) is 0 Å². The van der Waals surface area contributed by atoms with Gasteiger partial charge in [0.15, 0.2) is 17.5 Å². The smallest absolute Gasteiger partial charge is 0.236 e. The van der Waals surface area contributed by atoms with Crippen LogP contribution in [0.25, 0.3) is 10.8 Å². The number of hydrogen-bond donors (Lipinski definition) is 2. The summed E-state index contributed by atoms with van der Waals surface area (Å²) in [4.78, 5) is 10.1. The molecular weight excluding hydrogens is 376 g/mol. The fourth-order valence-corrected chi connectivity index (χ4v) is 3.42. The van der Waals surface area contributed by atoms with Crippen LogP contribution in [0.15, 0.2) is 57.5 Å². The van der Waals surface area contributed by atoms with Crippen molar-refractivity contribution < 1.29 is 13.9 Å². The van der Waals surface area contributed by atoms with E-state index in [1.165, 1.54) is 0 Å². The third-order valence-electron chi connectivity index (χ3n) is 4.09. The zero-order chi connectivity index (χ0) is 19.2. The first-order chi connectivity index (χ1) is 13.8. The lowest BCUT2D eigenvalue weighted by molar-refractivity contribution is 0.0936. The molecule has 0 fully saturated rings. The molecule has 146 valence electrons. The summed E-state index contributed by atoms with van der Waals surface area (Å²) in [5.74, 6) is 2.88. The molecule has 1 unspecified atom stereocenters. The molecule has 4 rings (SSSR count). The average molecular weight is 398 g/mol. The van der Waals surface area contributed by atoms with Crippen molar-refractivity contribution in [2.24, 2.45) is 4.99 Å². The number of hydrogen-bond acceptors (Lipinski definition) is 6. The first kappa shape index (κ1) is 18.4. The number of ether oxygens (including phenoxy) is 2. The van der Waals surface area contributed by atoms with Crippen LogP contribution in [0.4, 0.5) is 0 Å². The number of oxazole rings is 1. The number of nitrogens with one attached hydrogen (secondary N) is 2. The average Bonchev–Trinajstić information content (AvgIpc) is 3.41. The topological polar surface area (TPSA) is 80.9 Å². The zero-order valence-electron chi connectivity index (χ0n) is 15.6. The summed E-state index contributed by atoms with van der Waals surface area (Å²) < 4.78 is 17.3. The quantitative estimate of drug-likeness (QED) is 0.490. The minimum absolute atomic E-state index is 0.0868. The van der Waals surface area contributed by atoms with E-state index in [9.17, 15) is 0 Å². The van der Waals surface area contributed by atoms with Crippen LogP contribution in [0.5, 0.6) is 11.5 Å². The Balaban J connectivity index is 1.34. The van der Waals surface area contributed by atoms with Gasteiger partial charge in [-0.2, -0.15) is 0 Å². The molecule has 1 aromatic carbocycles. The molecule has 0 saturated heterocycles. The standard InChI is InChI=1S/C20H22N4O3S/c1-2-21-20(22-10-14-12-26-19(24-14)18-8-5-9-28-18)23-11-15-13-25-16-6-3-4-7-17(16)27-15/h3-9,12,15H,2,10-11,13H2,1H3,(H2,21,22,23). The first-order valence-corrected chi connectivity index (χ1v) is 10.1. The molecule has 2 aromatic heterocycles. The molecule has 3 aromatic rings. The molecule has 0 saturated carbocycles. The molecule has 1 atom stereocenters. The van der Waals surface area contributed by atoms with E-state index in [2.05, 4.69) is 20.6 Å². The van der Waals surface area contributed by atoms with Gasteiger partial charge in [-0.15, -0.1) is 11.3 Å². The van der Waals surface area contributed by atoms with Crippen LogP contribution in [0.2, 0.25) is 0 Å². The largest absolute Gasteiger partial charge is 0.486 e. The zero-order valence-corrected chi connectivity index (χ0v) is 16.4. The lowest BCUT2D eigenvalue weighted by Gasteiger charge is -2.27. The van der Waals surface area contributed by atoms with E-state index >= 15 is 0 Å². The maximum Gasteiger partial charge on any atom is 0.236 e. The van der Waals surface area contributed by atoms with Crippen molar-refractivity contribution in [2.45, 2.75) is 19.6 Å². The van der Waals surface area contributed by atoms with E-state index in [-0.39, 0.29) is 6.10 Å². The summed E-state index contributed by atoms with van der Waals surface area (Å²) in [7, 11) is 0. The Labute approximate surface area is 167 Å². The lowest BCUT2D eigenvalue weighted by Crippen LogP contribution is -2.45. The van der Waals surface area contributed by atoms with Gasteiger partial charge in [0.25, 0.3) is 0 Å². The van der Waals surface area contributed by atoms with E-state index in [0.717, 1.165) is 28.6 Å². The lowest BCUT2D eigenvalue weighted by atomic mass is 10.2. The Morgan fingerprint density at radius 2 is 2.11 bits per heavy atom. The molecule has 1 aliphatic rings. The fourth-order valence-electron chi connectivity index (χ4n) is 2.77. The van der Waals surface area contributed by atoms with Crippen LogP contribution in [-0.4, -0.2) is 36.7 Å². The number of guanidine groups is 1. The van der Waals surface area contributed by atoms with Gasteiger partial charge in [-0.1, -0.05) is 18.2 Å². The molecule has 28 heavy (non-hydrogen) atoms. The third-order valence-corrected chi connectivity index (χ3v) is 4.95. The van der Waals surface area contributed by atoms with Gasteiger partial charge in [-0.3, -0.25) is 0 Å². The molecule has 0 aliphatic carbocycles. The van der Waals surface area contributed by atoms with Gasteiger partial charge >= 0.3 is 0 Å². The molecule has 8 heteroatoms. The maximum absolute atomic E-state index is 5.97. The summed E-state index contributed by atoms with van der Waals surface area (Å²) in [5, 5.41) is 8.54. The van der Waals surface area contributed by atoms with Crippen molar-refractivity contribution >= 4 is 17.3 Å². The minimum Gasteiger partial charge on any atom is -0.486 e. The third kappa shape index (κ3) is 4.45. The van der Waals surface area contributed by atoms with Gasteiger partial charge in [0, 0.05) is 6.54 Å². The Bertz CT molecular complexity index is 923. The Morgan fingerprint density at radius 3 is 2.93 bits per heavy atom. The van der Waals surface area contributed by atoms with Gasteiger partial charge in [0.05, 0.1) is 18.0 Å². The van der Waals surface area contributed by atoms with E-state index in [1.54, 1.807) is 17.6 Å². The minimum atomic E-state index is -0.0868. The second kappa shape index (κ2) is 8.79.